The molecule has 0 aliphatic rings. The molecule has 0 aliphatic heterocycles. The zero-order valence-electron chi connectivity index (χ0n) is 17.4. The summed E-state index contributed by atoms with van der Waals surface area (Å²) in [7, 11) is 0. The van der Waals surface area contributed by atoms with Gasteiger partial charge in [0, 0.05) is 40.8 Å². The van der Waals surface area contributed by atoms with Gasteiger partial charge < -0.3 is 9.30 Å². The monoisotopic (exact) mass is 400 g/mol. The Morgan fingerprint density at radius 2 is 1.83 bits per heavy atom. The van der Waals surface area contributed by atoms with Gasteiger partial charge in [0.2, 0.25) is 5.78 Å². The van der Waals surface area contributed by atoms with Crippen molar-refractivity contribution < 1.29 is 14.3 Å². The Labute approximate surface area is 176 Å². The molecule has 0 saturated carbocycles. The van der Waals surface area contributed by atoms with E-state index in [2.05, 4.69) is 6.07 Å². The third kappa shape index (κ3) is 4.66. The van der Waals surface area contributed by atoms with E-state index in [-0.39, 0.29) is 12.4 Å². The molecule has 0 amide bonds. The number of benzene rings is 2. The molecular formula is C25H24N2O3. The van der Waals surface area contributed by atoms with Crippen molar-refractivity contribution in [2.24, 2.45) is 0 Å². The molecule has 0 atom stereocenters. The number of nitrogens with zero attached hydrogens (tertiary/aromatic N) is 2. The second-order valence-electron chi connectivity index (χ2n) is 7.32. The van der Waals surface area contributed by atoms with Crippen LogP contribution < -0.4 is 0 Å². The predicted molar refractivity (Wildman–Crippen MR) is 117 cm³/mol. The number of esters is 1. The number of carbonyl (C=O) groups excluding carboxylic acids is 2. The van der Waals surface area contributed by atoms with E-state index in [1.165, 1.54) is 6.08 Å². The number of hydrogen-bond donors (Lipinski definition) is 0. The van der Waals surface area contributed by atoms with Crippen LogP contribution in [-0.4, -0.2) is 22.9 Å². The van der Waals surface area contributed by atoms with E-state index in [0.717, 1.165) is 33.2 Å². The summed E-state index contributed by atoms with van der Waals surface area (Å²) in [4.78, 5) is 24.6. The first kappa shape index (κ1) is 21.1. The molecule has 2 aromatic carbocycles. The summed E-state index contributed by atoms with van der Waals surface area (Å²) in [6.45, 7) is 6.12. The Hall–Kier alpha value is -3.65. The molecular weight excluding hydrogens is 376 g/mol. The van der Waals surface area contributed by atoms with Gasteiger partial charge in [0.15, 0.2) is 6.61 Å². The standard InChI is InChI=1S/C25H24N2O3/c1-17-13-19(3)22(14-18(17)2)24(28)16-30-25(29)10-9-20-15-27(12-6-11-26)23-8-5-4-7-21(20)23/h4-5,7-10,13-15H,6,12,16H2,1-3H3/b10-9+. The Balaban J connectivity index is 1.69. The molecule has 0 unspecified atom stereocenters. The normalized spacial score (nSPS) is 11.0. The van der Waals surface area contributed by atoms with Gasteiger partial charge in [0.05, 0.1) is 12.5 Å². The minimum absolute atomic E-state index is 0.217. The zero-order chi connectivity index (χ0) is 21.7. The highest BCUT2D eigenvalue weighted by molar-refractivity contribution is 6.00. The van der Waals surface area contributed by atoms with E-state index in [1.54, 1.807) is 6.08 Å². The van der Waals surface area contributed by atoms with E-state index < -0.39 is 5.97 Å². The SMILES string of the molecule is Cc1cc(C)c(C(=O)COC(=O)/C=C/c2cn(CCC#N)c3ccccc23)cc1C. The Morgan fingerprint density at radius 1 is 1.10 bits per heavy atom. The van der Waals surface area contributed by atoms with E-state index >= 15 is 0 Å². The van der Waals surface area contributed by atoms with Crippen molar-refractivity contribution in [3.63, 3.8) is 0 Å². The molecule has 0 N–H and O–H groups in total. The number of para-hydroxylation sites is 1. The minimum atomic E-state index is -0.571. The number of hydrogen-bond acceptors (Lipinski definition) is 4. The van der Waals surface area contributed by atoms with Crippen LogP contribution >= 0.6 is 0 Å². The van der Waals surface area contributed by atoms with Gasteiger partial charge in [-0.05, 0) is 55.7 Å². The summed E-state index contributed by atoms with van der Waals surface area (Å²) in [5, 5.41) is 9.84. The van der Waals surface area contributed by atoms with Gasteiger partial charge in [0.1, 0.15) is 0 Å². The van der Waals surface area contributed by atoms with Gasteiger partial charge in [-0.3, -0.25) is 4.79 Å². The van der Waals surface area contributed by atoms with Crippen molar-refractivity contribution in [2.75, 3.05) is 6.61 Å². The van der Waals surface area contributed by atoms with Crippen molar-refractivity contribution >= 4 is 28.7 Å². The van der Waals surface area contributed by atoms with Crippen LogP contribution in [0.2, 0.25) is 0 Å². The molecule has 0 spiro atoms. The maximum atomic E-state index is 12.5. The number of aryl methyl sites for hydroxylation is 4. The van der Waals surface area contributed by atoms with Crippen molar-refractivity contribution in [1.82, 2.24) is 4.57 Å². The average molecular weight is 400 g/mol. The maximum Gasteiger partial charge on any atom is 0.331 e. The van der Waals surface area contributed by atoms with E-state index in [0.29, 0.717) is 18.5 Å². The number of ketones is 1. The molecule has 0 aliphatic carbocycles. The van der Waals surface area contributed by atoms with Gasteiger partial charge in [-0.15, -0.1) is 0 Å². The summed E-state index contributed by atoms with van der Waals surface area (Å²) in [6, 6.07) is 13.8. The Kier molecular flexibility index (Phi) is 6.48. The maximum absolute atomic E-state index is 12.5. The third-order valence-electron chi connectivity index (χ3n) is 5.17. The fraction of sp³-hybridized carbons (Fsp3) is 0.240. The van der Waals surface area contributed by atoms with Gasteiger partial charge in [0.25, 0.3) is 0 Å². The van der Waals surface area contributed by atoms with Crippen LogP contribution in [0.1, 0.15) is 39.0 Å². The third-order valence-corrected chi connectivity index (χ3v) is 5.17. The predicted octanol–water partition coefficient (Wildman–Crippen LogP) is 4.92. The van der Waals surface area contributed by atoms with Crippen LogP contribution in [0, 0.1) is 32.1 Å². The summed E-state index contributed by atoms with van der Waals surface area (Å²) >= 11 is 0. The van der Waals surface area contributed by atoms with Crippen LogP contribution in [-0.2, 0) is 16.1 Å². The van der Waals surface area contributed by atoms with Gasteiger partial charge in [-0.25, -0.2) is 4.79 Å². The fourth-order valence-electron chi connectivity index (χ4n) is 3.44. The van der Waals surface area contributed by atoms with Crippen molar-refractivity contribution in [1.29, 1.82) is 5.26 Å². The molecule has 30 heavy (non-hydrogen) atoms. The highest BCUT2D eigenvalue weighted by Crippen LogP contribution is 2.23. The first-order valence-electron chi connectivity index (χ1n) is 9.81. The lowest BCUT2D eigenvalue weighted by Gasteiger charge is -2.09. The van der Waals surface area contributed by atoms with Crippen LogP contribution in [0.25, 0.3) is 17.0 Å². The number of rotatable bonds is 7. The van der Waals surface area contributed by atoms with Crippen molar-refractivity contribution in [3.8, 4) is 6.07 Å². The molecule has 3 rings (SSSR count). The lowest BCUT2D eigenvalue weighted by Crippen LogP contribution is -2.14. The number of Topliss-reactive ketones (excluding diaryl/α,β-unsaturated/α-hetero) is 1. The minimum Gasteiger partial charge on any atom is -0.454 e. The number of ether oxygens (including phenoxy) is 1. The summed E-state index contributed by atoms with van der Waals surface area (Å²) in [5.41, 5.74) is 5.47. The highest BCUT2D eigenvalue weighted by Gasteiger charge is 2.13. The largest absolute Gasteiger partial charge is 0.454 e. The second-order valence-corrected chi connectivity index (χ2v) is 7.32. The average Bonchev–Trinajstić information content (AvgIpc) is 3.09. The van der Waals surface area contributed by atoms with Crippen LogP contribution in [0.15, 0.2) is 48.7 Å². The summed E-state index contributed by atoms with van der Waals surface area (Å²) in [5.74, 6) is -0.788. The first-order valence-corrected chi connectivity index (χ1v) is 9.81. The van der Waals surface area contributed by atoms with Gasteiger partial charge in [-0.2, -0.15) is 5.26 Å². The second kappa shape index (κ2) is 9.23. The lowest BCUT2D eigenvalue weighted by molar-refractivity contribution is -0.136. The van der Waals surface area contributed by atoms with E-state index in [9.17, 15) is 9.59 Å². The Morgan fingerprint density at radius 3 is 2.60 bits per heavy atom. The number of aromatic nitrogens is 1. The number of nitriles is 1. The van der Waals surface area contributed by atoms with Gasteiger partial charge >= 0.3 is 5.97 Å². The molecule has 0 fully saturated rings. The fourth-order valence-corrected chi connectivity index (χ4v) is 3.44. The lowest BCUT2D eigenvalue weighted by atomic mass is 9.98. The smallest absolute Gasteiger partial charge is 0.331 e. The quantitative estimate of drug-likeness (QED) is 0.321. The molecule has 3 aromatic rings. The van der Waals surface area contributed by atoms with Crippen LogP contribution in [0.4, 0.5) is 0 Å². The van der Waals surface area contributed by atoms with Gasteiger partial charge in [-0.1, -0.05) is 24.3 Å². The summed E-state index contributed by atoms with van der Waals surface area (Å²) < 4.78 is 7.16. The zero-order valence-corrected chi connectivity index (χ0v) is 17.4. The molecule has 1 heterocycles. The van der Waals surface area contributed by atoms with Crippen LogP contribution in [0.5, 0.6) is 0 Å². The van der Waals surface area contributed by atoms with Crippen LogP contribution in [0.3, 0.4) is 0 Å². The van der Waals surface area contributed by atoms with Crippen molar-refractivity contribution in [3.05, 3.63) is 76.5 Å². The topological polar surface area (TPSA) is 72.1 Å². The Bertz CT molecular complexity index is 1180. The molecule has 0 saturated heterocycles. The molecule has 1 aromatic heterocycles. The molecule has 152 valence electrons. The highest BCUT2D eigenvalue weighted by atomic mass is 16.5. The first-order chi connectivity index (χ1) is 14.4. The van der Waals surface area contributed by atoms with E-state index in [1.807, 2.05) is 67.9 Å². The molecule has 5 heteroatoms. The molecule has 0 bridgehead atoms. The number of fused-ring (bicyclic) bond motifs is 1. The van der Waals surface area contributed by atoms with E-state index in [4.69, 9.17) is 10.00 Å². The molecule has 5 nitrogen and oxygen atoms in total. The summed E-state index contributed by atoms with van der Waals surface area (Å²) in [6.07, 6.45) is 5.33. The number of carbonyl (C=O) groups is 2. The van der Waals surface area contributed by atoms with Crippen molar-refractivity contribution in [2.45, 2.75) is 33.7 Å². The molecule has 0 radical (unpaired) electrons.